The van der Waals surface area contributed by atoms with Gasteiger partial charge in [-0.25, -0.2) is 4.89 Å². The van der Waals surface area contributed by atoms with Crippen LogP contribution in [0.3, 0.4) is 0 Å². The quantitative estimate of drug-likeness (QED) is 0.218. The highest BCUT2D eigenvalue weighted by Crippen LogP contribution is 2.68. The van der Waals surface area contributed by atoms with Gasteiger partial charge in [0, 0.05) is 6.42 Å². The van der Waals surface area contributed by atoms with Crippen molar-refractivity contribution in [2.75, 3.05) is 0 Å². The molecular formula is C32H56O4. The molecule has 0 aliphatic heterocycles. The Morgan fingerprint density at radius 3 is 2.31 bits per heavy atom. The van der Waals surface area contributed by atoms with Gasteiger partial charge in [0.1, 0.15) is 0 Å². The van der Waals surface area contributed by atoms with E-state index in [1.807, 2.05) is 0 Å². The fourth-order valence-electron chi connectivity index (χ4n) is 10.5. The zero-order valence-corrected chi connectivity index (χ0v) is 24.0. The largest absolute Gasteiger partial charge is 0.481 e. The summed E-state index contributed by atoms with van der Waals surface area (Å²) >= 11 is 0. The van der Waals surface area contributed by atoms with Crippen LogP contribution in [0.1, 0.15) is 131 Å². The maximum Gasteiger partial charge on any atom is 0.303 e. The third-order valence-corrected chi connectivity index (χ3v) is 12.4. The van der Waals surface area contributed by atoms with Crippen LogP contribution in [0, 0.1) is 58.2 Å². The number of fused-ring (bicyclic) bond motifs is 5. The molecule has 0 aromatic rings. The molecule has 2 N–H and O–H groups in total. The molecule has 4 nitrogen and oxygen atoms in total. The predicted molar refractivity (Wildman–Crippen MR) is 146 cm³/mol. The monoisotopic (exact) mass is 504 g/mol. The van der Waals surface area contributed by atoms with Crippen LogP contribution >= 0.6 is 0 Å². The maximum absolute atomic E-state index is 10.9. The third kappa shape index (κ3) is 5.56. The van der Waals surface area contributed by atoms with E-state index in [1.54, 1.807) is 0 Å². The van der Waals surface area contributed by atoms with E-state index in [9.17, 15) is 10.1 Å². The molecule has 0 aromatic carbocycles. The first-order valence-corrected chi connectivity index (χ1v) is 15.6. The van der Waals surface area contributed by atoms with Crippen LogP contribution in [0.4, 0.5) is 0 Å². The molecule has 0 amide bonds. The normalized spacial score (nSPS) is 41.9. The van der Waals surface area contributed by atoms with Gasteiger partial charge in [0.25, 0.3) is 0 Å². The zero-order valence-electron chi connectivity index (χ0n) is 24.0. The van der Waals surface area contributed by atoms with Gasteiger partial charge < -0.3 is 5.11 Å². The Bertz CT molecular complexity index is 736. The van der Waals surface area contributed by atoms with Crippen molar-refractivity contribution in [1.82, 2.24) is 0 Å². The Morgan fingerprint density at radius 1 is 0.889 bits per heavy atom. The standard InChI is InChI=1S/C32H56O4/c1-21(2)8-6-9-22(3)26-14-15-27-25-13-12-24-20-23(29(36-35)10-7-11-30(33)34)16-18-31(24,4)28(25)17-19-32(26,27)5/h21-29,35H,6-20H2,1-5H3,(H,33,34). The Kier molecular flexibility index (Phi) is 9.18. The molecular weight excluding hydrogens is 448 g/mol. The number of carbonyl (C=O) groups is 1. The molecule has 0 heterocycles. The molecule has 4 saturated carbocycles. The van der Waals surface area contributed by atoms with Crippen LogP contribution in [0.25, 0.3) is 0 Å². The van der Waals surface area contributed by atoms with E-state index in [1.165, 1.54) is 64.2 Å². The molecule has 10 unspecified atom stereocenters. The highest BCUT2D eigenvalue weighted by molar-refractivity contribution is 5.66. The predicted octanol–water partition coefficient (Wildman–Crippen LogP) is 8.84. The van der Waals surface area contributed by atoms with Gasteiger partial charge in [-0.15, -0.1) is 0 Å². The lowest BCUT2D eigenvalue weighted by atomic mass is 9.43. The van der Waals surface area contributed by atoms with Crippen LogP contribution in [0.5, 0.6) is 0 Å². The minimum Gasteiger partial charge on any atom is -0.481 e. The van der Waals surface area contributed by atoms with Gasteiger partial charge in [-0.05, 0) is 129 Å². The van der Waals surface area contributed by atoms with Crippen molar-refractivity contribution in [3.63, 3.8) is 0 Å². The SMILES string of the molecule is CC(C)CCCC(C)C1CCC2C3CCC4CC(C(CCCC(=O)O)OO)CCC4(C)C3CCC12C. The van der Waals surface area contributed by atoms with Crippen LogP contribution in [-0.4, -0.2) is 22.4 Å². The van der Waals surface area contributed by atoms with E-state index < -0.39 is 5.97 Å². The lowest BCUT2D eigenvalue weighted by Gasteiger charge is -2.61. The fourth-order valence-corrected chi connectivity index (χ4v) is 10.5. The summed E-state index contributed by atoms with van der Waals surface area (Å²) < 4.78 is 0. The van der Waals surface area contributed by atoms with E-state index in [4.69, 9.17) is 9.99 Å². The van der Waals surface area contributed by atoms with Gasteiger partial charge in [0.05, 0.1) is 6.10 Å². The topological polar surface area (TPSA) is 66.8 Å². The number of carboxylic acids is 1. The number of hydrogen-bond donors (Lipinski definition) is 2. The smallest absolute Gasteiger partial charge is 0.303 e. The number of rotatable bonds is 11. The summed E-state index contributed by atoms with van der Waals surface area (Å²) in [5, 5.41) is 18.6. The van der Waals surface area contributed by atoms with E-state index in [-0.39, 0.29) is 12.5 Å². The van der Waals surface area contributed by atoms with E-state index in [0.29, 0.717) is 29.6 Å². The van der Waals surface area contributed by atoms with E-state index in [0.717, 1.165) is 54.3 Å². The van der Waals surface area contributed by atoms with Crippen LogP contribution in [0.2, 0.25) is 0 Å². The second-order valence-electron chi connectivity index (χ2n) is 14.7. The number of hydrogen-bond acceptors (Lipinski definition) is 3. The highest BCUT2D eigenvalue weighted by Gasteiger charge is 2.60. The van der Waals surface area contributed by atoms with Crippen LogP contribution in [-0.2, 0) is 9.68 Å². The van der Waals surface area contributed by atoms with Gasteiger partial charge in [-0.1, -0.05) is 53.9 Å². The molecule has 4 aliphatic rings. The Hall–Kier alpha value is -0.610. The summed E-state index contributed by atoms with van der Waals surface area (Å²) in [4.78, 5) is 15.9. The fraction of sp³-hybridized carbons (Fsp3) is 0.969. The van der Waals surface area contributed by atoms with Gasteiger partial charge in [0.15, 0.2) is 0 Å². The molecule has 10 atom stereocenters. The minimum absolute atomic E-state index is 0.162. The summed E-state index contributed by atoms with van der Waals surface area (Å²) in [6, 6.07) is 0. The summed E-state index contributed by atoms with van der Waals surface area (Å²) in [6.07, 6.45) is 17.4. The Labute approximate surface area is 221 Å². The maximum atomic E-state index is 10.9. The Balaban J connectivity index is 1.38. The number of aliphatic carboxylic acids is 1. The summed E-state index contributed by atoms with van der Waals surface area (Å²) in [5.74, 6) is 5.66. The zero-order chi connectivity index (χ0) is 26.1. The molecule has 4 heteroatoms. The van der Waals surface area contributed by atoms with Crippen molar-refractivity contribution < 1.29 is 20.0 Å². The van der Waals surface area contributed by atoms with E-state index >= 15 is 0 Å². The second-order valence-corrected chi connectivity index (χ2v) is 14.7. The van der Waals surface area contributed by atoms with Crippen LogP contribution < -0.4 is 0 Å². The summed E-state index contributed by atoms with van der Waals surface area (Å²) in [5.41, 5.74) is 0.988. The first kappa shape index (κ1) is 28.4. The average Bonchev–Trinajstić information content (AvgIpc) is 3.18. The van der Waals surface area contributed by atoms with Crippen LogP contribution in [0.15, 0.2) is 0 Å². The average molecular weight is 505 g/mol. The molecule has 4 rings (SSSR count). The van der Waals surface area contributed by atoms with Crippen molar-refractivity contribution >= 4 is 5.97 Å². The molecule has 0 aromatic heterocycles. The van der Waals surface area contributed by atoms with Gasteiger partial charge in [0.2, 0.25) is 0 Å². The van der Waals surface area contributed by atoms with Gasteiger partial charge in [-0.3, -0.25) is 10.1 Å². The molecule has 4 aliphatic carbocycles. The molecule has 0 radical (unpaired) electrons. The summed E-state index contributed by atoms with van der Waals surface area (Å²) in [7, 11) is 0. The Morgan fingerprint density at radius 2 is 1.61 bits per heavy atom. The van der Waals surface area contributed by atoms with Crippen molar-refractivity contribution in [1.29, 1.82) is 0 Å². The van der Waals surface area contributed by atoms with Gasteiger partial charge in [-0.2, -0.15) is 0 Å². The second kappa shape index (κ2) is 11.6. The van der Waals surface area contributed by atoms with Gasteiger partial charge >= 0.3 is 5.97 Å². The van der Waals surface area contributed by atoms with E-state index in [2.05, 4.69) is 34.6 Å². The lowest BCUT2D eigenvalue weighted by Crippen LogP contribution is -2.54. The molecule has 0 bridgehead atoms. The molecule has 0 saturated heterocycles. The van der Waals surface area contributed by atoms with Crippen molar-refractivity contribution in [3.05, 3.63) is 0 Å². The molecule has 36 heavy (non-hydrogen) atoms. The first-order valence-electron chi connectivity index (χ1n) is 15.6. The first-order chi connectivity index (χ1) is 17.1. The lowest BCUT2D eigenvalue weighted by molar-refractivity contribution is -0.297. The van der Waals surface area contributed by atoms with Crippen molar-refractivity contribution in [2.24, 2.45) is 58.2 Å². The van der Waals surface area contributed by atoms with Crippen molar-refractivity contribution in [3.8, 4) is 0 Å². The highest BCUT2D eigenvalue weighted by atomic mass is 17.1. The summed E-state index contributed by atoms with van der Waals surface area (Å²) in [6.45, 7) is 12.6. The molecule has 4 fully saturated rings. The molecule has 0 spiro atoms. The number of carboxylic acid groups (broad SMARTS) is 1. The molecule has 208 valence electrons. The van der Waals surface area contributed by atoms with Crippen molar-refractivity contribution in [2.45, 2.75) is 137 Å². The minimum atomic E-state index is -0.760. The third-order valence-electron chi connectivity index (χ3n) is 12.4.